The van der Waals surface area contributed by atoms with Gasteiger partial charge in [-0.3, -0.25) is 24.6 Å². The second-order valence-electron chi connectivity index (χ2n) is 11.7. The molecule has 0 spiro atoms. The first-order chi connectivity index (χ1) is 22.9. The molecule has 2 amide bonds. The van der Waals surface area contributed by atoms with E-state index in [2.05, 4.69) is 25.9 Å². The van der Waals surface area contributed by atoms with Crippen LogP contribution >= 0.6 is 0 Å². The molecule has 0 bridgehead atoms. The highest BCUT2D eigenvalue weighted by Gasteiger charge is 2.30. The summed E-state index contributed by atoms with van der Waals surface area (Å²) in [5.74, 6) is 1.08. The first-order valence-electron chi connectivity index (χ1n) is 15.6. The van der Waals surface area contributed by atoms with Gasteiger partial charge in [0.05, 0.1) is 36.8 Å². The number of ether oxygens (including phenoxy) is 2. The number of allylic oxidation sites excluding steroid dienone is 1. The smallest absolute Gasteiger partial charge is 0.329 e. The van der Waals surface area contributed by atoms with Crippen LogP contribution in [0.2, 0.25) is 0 Å². The van der Waals surface area contributed by atoms with Gasteiger partial charge in [0.1, 0.15) is 17.1 Å². The number of carbonyl (C=O) groups is 2. The van der Waals surface area contributed by atoms with Gasteiger partial charge in [0.25, 0.3) is 0 Å². The van der Waals surface area contributed by atoms with Crippen LogP contribution in [-0.2, 0) is 13.6 Å². The van der Waals surface area contributed by atoms with E-state index in [0.29, 0.717) is 34.1 Å². The number of rotatable bonds is 7. The summed E-state index contributed by atoms with van der Waals surface area (Å²) in [6.07, 6.45) is 14.1. The van der Waals surface area contributed by atoms with Gasteiger partial charge in [-0.15, -0.1) is 0 Å². The van der Waals surface area contributed by atoms with Crippen molar-refractivity contribution in [3.63, 3.8) is 0 Å². The summed E-state index contributed by atoms with van der Waals surface area (Å²) in [5.41, 5.74) is 5.04. The highest BCUT2D eigenvalue weighted by molar-refractivity contribution is 6.16. The van der Waals surface area contributed by atoms with Gasteiger partial charge < -0.3 is 18.9 Å². The van der Waals surface area contributed by atoms with Crippen molar-refractivity contribution >= 4 is 46.0 Å². The third-order valence-electron chi connectivity index (χ3n) is 8.71. The maximum absolute atomic E-state index is 14.0. The Kier molecular flexibility index (Phi) is 8.03. The van der Waals surface area contributed by atoms with Crippen LogP contribution in [0.5, 0.6) is 11.5 Å². The van der Waals surface area contributed by atoms with Crippen LogP contribution in [0.15, 0.2) is 85.3 Å². The minimum absolute atomic E-state index is 0.186. The van der Waals surface area contributed by atoms with Crippen LogP contribution in [0.25, 0.3) is 17.1 Å². The van der Waals surface area contributed by atoms with E-state index in [1.165, 1.54) is 11.3 Å². The summed E-state index contributed by atoms with van der Waals surface area (Å²) in [6, 6.07) is 14.1. The lowest BCUT2D eigenvalue weighted by molar-refractivity contribution is 0.101. The lowest BCUT2D eigenvalue weighted by Crippen LogP contribution is -2.41. The number of anilines is 3. The molecule has 1 saturated heterocycles. The Morgan fingerprint density at radius 3 is 2.64 bits per heavy atom. The second kappa shape index (κ2) is 12.6. The number of methoxy groups -OCH3 is 1. The number of nitrogens with zero attached hydrogens (tertiary/aromatic N) is 7. The van der Waals surface area contributed by atoms with E-state index >= 15 is 0 Å². The van der Waals surface area contributed by atoms with Gasteiger partial charge >= 0.3 is 6.03 Å². The predicted molar refractivity (Wildman–Crippen MR) is 181 cm³/mol. The molecule has 0 unspecified atom stereocenters. The molecule has 4 aromatic heterocycles. The number of ketones is 1. The van der Waals surface area contributed by atoms with Crippen molar-refractivity contribution in [1.29, 1.82) is 0 Å². The second-order valence-corrected chi connectivity index (χ2v) is 11.7. The number of aromatic nitrogens is 4. The number of urea groups is 1. The molecule has 0 saturated carbocycles. The Hall–Kier alpha value is -5.71. The molecule has 11 nitrogen and oxygen atoms in total. The number of amides is 2. The first kappa shape index (κ1) is 30.0. The lowest BCUT2D eigenvalue weighted by atomic mass is 10.1. The molecule has 7 rings (SSSR count). The lowest BCUT2D eigenvalue weighted by Gasteiger charge is -2.29. The number of benzene rings is 1. The summed E-state index contributed by atoms with van der Waals surface area (Å²) in [4.78, 5) is 46.5. The minimum atomic E-state index is -0.321. The van der Waals surface area contributed by atoms with E-state index < -0.39 is 0 Å². The number of aryl methyl sites for hydroxylation is 1. The normalized spacial score (nSPS) is 15.1. The SMILES string of the molecule is COc1ccnc(CN(C(=O)N(C)c2ccc3c(c2)C(=O)/C(=C/c2cn(C)c4nccc(N5CCCCC5)c24)O3)c2cccnc2)c1. The average Bonchev–Trinajstić information content (AvgIpc) is 3.61. The predicted octanol–water partition coefficient (Wildman–Crippen LogP) is 6.24. The maximum Gasteiger partial charge on any atom is 0.329 e. The molecule has 0 N–H and O–H groups in total. The maximum atomic E-state index is 14.0. The summed E-state index contributed by atoms with van der Waals surface area (Å²) in [7, 11) is 5.22. The van der Waals surface area contributed by atoms with E-state index in [9.17, 15) is 9.59 Å². The van der Waals surface area contributed by atoms with Crippen LogP contribution in [-0.4, -0.2) is 58.6 Å². The topological polar surface area (TPSA) is 106 Å². The zero-order valence-corrected chi connectivity index (χ0v) is 26.6. The van der Waals surface area contributed by atoms with Gasteiger partial charge in [-0.25, -0.2) is 9.78 Å². The van der Waals surface area contributed by atoms with Crippen molar-refractivity contribution in [1.82, 2.24) is 19.5 Å². The Bertz CT molecular complexity index is 2000. The van der Waals surface area contributed by atoms with Crippen LogP contribution in [0.3, 0.4) is 0 Å². The van der Waals surface area contributed by atoms with E-state index in [-0.39, 0.29) is 24.1 Å². The fourth-order valence-corrected chi connectivity index (χ4v) is 6.26. The summed E-state index contributed by atoms with van der Waals surface area (Å²) < 4.78 is 13.4. The minimum Gasteiger partial charge on any atom is -0.497 e. The summed E-state index contributed by atoms with van der Waals surface area (Å²) >= 11 is 0. The van der Waals surface area contributed by atoms with Crippen molar-refractivity contribution in [3.8, 4) is 11.5 Å². The molecule has 0 aliphatic carbocycles. The Labute approximate surface area is 272 Å². The molecule has 2 aliphatic rings. The third kappa shape index (κ3) is 5.76. The number of pyridine rings is 3. The zero-order valence-electron chi connectivity index (χ0n) is 26.6. The van der Waals surface area contributed by atoms with Crippen LogP contribution in [0.1, 0.15) is 40.9 Å². The molecule has 47 heavy (non-hydrogen) atoms. The molecule has 0 radical (unpaired) electrons. The first-order valence-corrected chi connectivity index (χ1v) is 15.6. The van der Waals surface area contributed by atoms with Crippen LogP contribution in [0, 0.1) is 0 Å². The van der Waals surface area contributed by atoms with E-state index in [1.807, 2.05) is 30.1 Å². The van der Waals surface area contributed by atoms with Crippen LogP contribution < -0.4 is 24.2 Å². The van der Waals surface area contributed by atoms with Crippen molar-refractivity contribution < 1.29 is 19.1 Å². The van der Waals surface area contributed by atoms with Gasteiger partial charge in [-0.1, -0.05) is 0 Å². The van der Waals surface area contributed by atoms with Gasteiger partial charge in [0.15, 0.2) is 5.76 Å². The summed E-state index contributed by atoms with van der Waals surface area (Å²) in [5, 5.41) is 1.00. The fourth-order valence-electron chi connectivity index (χ4n) is 6.26. The van der Waals surface area contributed by atoms with E-state index in [1.54, 1.807) is 80.1 Å². The van der Waals surface area contributed by atoms with E-state index in [0.717, 1.165) is 48.2 Å². The molecule has 11 heteroatoms. The number of carbonyl (C=O) groups excluding carboxylic acids is 2. The van der Waals surface area contributed by atoms with Gasteiger partial charge in [0, 0.05) is 80.4 Å². The monoisotopic (exact) mass is 629 g/mol. The molecule has 1 fully saturated rings. The number of fused-ring (bicyclic) bond motifs is 2. The fraction of sp³-hybridized carbons (Fsp3) is 0.250. The highest BCUT2D eigenvalue weighted by Crippen LogP contribution is 2.38. The zero-order chi connectivity index (χ0) is 32.5. The molecular formula is C36H35N7O4. The number of hydrogen-bond acceptors (Lipinski definition) is 8. The van der Waals surface area contributed by atoms with Crippen molar-refractivity contribution in [3.05, 3.63) is 102 Å². The molecule has 5 aromatic rings. The molecule has 0 atom stereocenters. The largest absolute Gasteiger partial charge is 0.497 e. The number of piperidine rings is 1. The molecule has 6 heterocycles. The van der Waals surface area contributed by atoms with Gasteiger partial charge in [-0.2, -0.15) is 0 Å². The highest BCUT2D eigenvalue weighted by atomic mass is 16.5. The Morgan fingerprint density at radius 2 is 1.85 bits per heavy atom. The molecule has 1 aromatic carbocycles. The average molecular weight is 630 g/mol. The van der Waals surface area contributed by atoms with Crippen molar-refractivity contribution in [2.45, 2.75) is 25.8 Å². The number of Topliss-reactive ketones (excluding diaryl/α,β-unsaturated/α-hetero) is 1. The third-order valence-corrected chi connectivity index (χ3v) is 8.71. The molecule has 2 aliphatic heterocycles. The Balaban J connectivity index is 1.18. The van der Waals surface area contributed by atoms with Gasteiger partial charge in [-0.05, 0) is 67.8 Å². The van der Waals surface area contributed by atoms with Crippen molar-refractivity contribution in [2.24, 2.45) is 7.05 Å². The number of hydrogen-bond donors (Lipinski definition) is 0. The Morgan fingerprint density at radius 1 is 1.02 bits per heavy atom. The van der Waals surface area contributed by atoms with Crippen LogP contribution in [0.4, 0.5) is 21.9 Å². The standard InChI is InChI=1S/C36H35N7O4/c1-40-22-24(33-30(12-15-39-35(33)40)42-16-5-4-6-17-42)18-32-34(44)29-20-26(9-10-31(29)47-32)41(2)36(45)43(27-8-7-13-37-21-27)23-25-19-28(46-3)11-14-38-25/h7-15,18-22H,4-6,16-17,23H2,1-3H3/b32-18-. The molecule has 238 valence electrons. The van der Waals surface area contributed by atoms with E-state index in [4.69, 9.17) is 9.47 Å². The summed E-state index contributed by atoms with van der Waals surface area (Å²) in [6.45, 7) is 2.17. The molecular weight excluding hydrogens is 594 g/mol. The van der Waals surface area contributed by atoms with Crippen molar-refractivity contribution in [2.75, 3.05) is 41.9 Å². The quantitative estimate of drug-likeness (QED) is 0.195. The van der Waals surface area contributed by atoms with Gasteiger partial charge in [0.2, 0.25) is 5.78 Å².